The van der Waals surface area contributed by atoms with Crippen LogP contribution in [0.15, 0.2) is 42.6 Å². The summed E-state index contributed by atoms with van der Waals surface area (Å²) in [7, 11) is 1.70. The second kappa shape index (κ2) is 7.28. The van der Waals surface area contributed by atoms with Crippen molar-refractivity contribution in [2.45, 2.75) is 33.4 Å². The smallest absolute Gasteiger partial charge is 0.137 e. The van der Waals surface area contributed by atoms with Gasteiger partial charge in [-0.25, -0.2) is 9.97 Å². The number of hydrogen-bond acceptors (Lipinski definition) is 5. The first-order valence-corrected chi connectivity index (χ1v) is 10.7. The van der Waals surface area contributed by atoms with Crippen LogP contribution in [0.1, 0.15) is 27.5 Å². The first kappa shape index (κ1) is 18.3. The van der Waals surface area contributed by atoms with Crippen molar-refractivity contribution < 1.29 is 4.74 Å². The Bertz CT molecular complexity index is 1190. The van der Waals surface area contributed by atoms with Gasteiger partial charge in [0.25, 0.3) is 0 Å². The molecule has 1 aliphatic rings. The zero-order chi connectivity index (χ0) is 20.0. The van der Waals surface area contributed by atoms with Gasteiger partial charge in [0.15, 0.2) is 0 Å². The quantitative estimate of drug-likeness (QED) is 0.497. The van der Waals surface area contributed by atoms with Crippen LogP contribution in [0.4, 0.5) is 0 Å². The van der Waals surface area contributed by atoms with Gasteiger partial charge in [-0.3, -0.25) is 4.90 Å². The topological polar surface area (TPSA) is 42.7 Å². The average Bonchev–Trinajstić information content (AvgIpc) is 3.28. The Balaban J connectivity index is 1.39. The van der Waals surface area contributed by atoms with Crippen LogP contribution in [0.3, 0.4) is 0 Å². The molecular weight excluding hydrogens is 380 g/mol. The lowest BCUT2D eigenvalue weighted by Crippen LogP contribution is -2.30. The normalized spacial score (nSPS) is 14.3. The average molecular weight is 405 g/mol. The summed E-state index contributed by atoms with van der Waals surface area (Å²) in [5, 5.41) is 1.08. The monoisotopic (exact) mass is 404 g/mol. The summed E-state index contributed by atoms with van der Waals surface area (Å²) in [6.07, 6.45) is 3.13. The molecule has 0 spiro atoms. The van der Waals surface area contributed by atoms with Crippen molar-refractivity contribution in [3.8, 4) is 16.3 Å². The highest BCUT2D eigenvalue weighted by atomic mass is 32.1. The SMILES string of the molecule is COc1cccc(-c2nc3c(s2)CN(Cc2c(C)nc4cc(C)ccn24)CC3)c1. The molecule has 1 aromatic carbocycles. The second-order valence-corrected chi connectivity index (χ2v) is 8.74. The largest absolute Gasteiger partial charge is 0.497 e. The van der Waals surface area contributed by atoms with E-state index in [-0.39, 0.29) is 0 Å². The van der Waals surface area contributed by atoms with Crippen LogP contribution in [0.25, 0.3) is 16.2 Å². The third kappa shape index (κ3) is 3.43. The van der Waals surface area contributed by atoms with E-state index in [1.807, 2.05) is 12.1 Å². The number of aromatic nitrogens is 3. The van der Waals surface area contributed by atoms with Crippen LogP contribution in [0.5, 0.6) is 5.75 Å². The number of benzene rings is 1. The molecule has 6 heteroatoms. The lowest BCUT2D eigenvalue weighted by molar-refractivity contribution is 0.243. The van der Waals surface area contributed by atoms with Crippen LogP contribution in [0, 0.1) is 13.8 Å². The van der Waals surface area contributed by atoms with Crippen LogP contribution < -0.4 is 4.74 Å². The Morgan fingerprint density at radius 2 is 2.03 bits per heavy atom. The summed E-state index contributed by atoms with van der Waals surface area (Å²) in [5.41, 5.74) is 7.04. The molecule has 3 aromatic heterocycles. The first-order valence-electron chi connectivity index (χ1n) is 9.90. The molecule has 4 heterocycles. The summed E-state index contributed by atoms with van der Waals surface area (Å²) in [6.45, 7) is 7.09. The molecule has 4 aromatic rings. The van der Waals surface area contributed by atoms with Gasteiger partial charge in [0.05, 0.1) is 24.2 Å². The van der Waals surface area contributed by atoms with Crippen molar-refractivity contribution in [1.82, 2.24) is 19.3 Å². The molecule has 0 N–H and O–H groups in total. The van der Waals surface area contributed by atoms with Crippen molar-refractivity contribution in [2.75, 3.05) is 13.7 Å². The predicted octanol–water partition coefficient (Wildman–Crippen LogP) is 4.64. The van der Waals surface area contributed by atoms with E-state index in [0.29, 0.717) is 0 Å². The molecule has 5 nitrogen and oxygen atoms in total. The van der Waals surface area contributed by atoms with Crippen LogP contribution in [0.2, 0.25) is 0 Å². The highest BCUT2D eigenvalue weighted by Crippen LogP contribution is 2.33. The molecule has 29 heavy (non-hydrogen) atoms. The Kier molecular flexibility index (Phi) is 4.60. The minimum atomic E-state index is 0.871. The second-order valence-electron chi connectivity index (χ2n) is 7.66. The molecule has 0 atom stereocenters. The minimum Gasteiger partial charge on any atom is -0.497 e. The standard InChI is InChI=1S/C23H24N4OS/c1-15-7-10-27-20(16(2)24-22(27)11-15)13-26-9-8-19-21(14-26)29-23(25-19)17-5-4-6-18(12-17)28-3/h4-7,10-12H,8-9,13-14H2,1-3H3. The summed E-state index contributed by atoms with van der Waals surface area (Å²) in [4.78, 5) is 13.6. The third-order valence-corrected chi connectivity index (χ3v) is 6.71. The van der Waals surface area contributed by atoms with E-state index in [2.05, 4.69) is 53.6 Å². The van der Waals surface area contributed by atoms with Gasteiger partial charge in [-0.2, -0.15) is 0 Å². The van der Waals surface area contributed by atoms with Gasteiger partial charge in [0.2, 0.25) is 0 Å². The molecule has 0 saturated heterocycles. The van der Waals surface area contributed by atoms with Crippen LogP contribution >= 0.6 is 11.3 Å². The number of aryl methyl sites for hydroxylation is 2. The van der Waals surface area contributed by atoms with Gasteiger partial charge in [-0.1, -0.05) is 12.1 Å². The maximum Gasteiger partial charge on any atom is 0.137 e. The molecule has 1 aliphatic heterocycles. The summed E-state index contributed by atoms with van der Waals surface area (Å²) in [6, 6.07) is 12.5. The number of nitrogens with zero attached hydrogens (tertiary/aromatic N) is 4. The van der Waals surface area contributed by atoms with E-state index in [4.69, 9.17) is 14.7 Å². The van der Waals surface area contributed by atoms with E-state index in [1.165, 1.54) is 21.8 Å². The van der Waals surface area contributed by atoms with E-state index in [1.54, 1.807) is 18.4 Å². The van der Waals surface area contributed by atoms with E-state index < -0.39 is 0 Å². The molecule has 0 unspecified atom stereocenters. The number of imidazole rings is 1. The van der Waals surface area contributed by atoms with E-state index in [0.717, 1.165) is 53.7 Å². The molecule has 0 radical (unpaired) electrons. The number of ether oxygens (including phenoxy) is 1. The minimum absolute atomic E-state index is 0.871. The zero-order valence-corrected chi connectivity index (χ0v) is 17.8. The van der Waals surface area contributed by atoms with Crippen molar-refractivity contribution in [3.63, 3.8) is 0 Å². The number of thiazole rings is 1. The highest BCUT2D eigenvalue weighted by Gasteiger charge is 2.23. The number of fused-ring (bicyclic) bond motifs is 2. The lowest BCUT2D eigenvalue weighted by atomic mass is 10.1. The maximum atomic E-state index is 5.37. The van der Waals surface area contributed by atoms with Crippen molar-refractivity contribution in [2.24, 2.45) is 0 Å². The molecule has 0 aliphatic carbocycles. The number of pyridine rings is 1. The Morgan fingerprint density at radius 3 is 2.90 bits per heavy atom. The predicted molar refractivity (Wildman–Crippen MR) is 117 cm³/mol. The van der Waals surface area contributed by atoms with Crippen LogP contribution in [-0.4, -0.2) is 32.9 Å². The molecule has 5 rings (SSSR count). The fourth-order valence-corrected chi connectivity index (χ4v) is 5.13. The van der Waals surface area contributed by atoms with Gasteiger partial charge in [-0.15, -0.1) is 11.3 Å². The number of methoxy groups -OCH3 is 1. The number of hydrogen-bond donors (Lipinski definition) is 0. The molecule has 0 amide bonds. The Hall–Kier alpha value is -2.70. The highest BCUT2D eigenvalue weighted by molar-refractivity contribution is 7.15. The first-order chi connectivity index (χ1) is 14.1. The van der Waals surface area contributed by atoms with Crippen molar-refractivity contribution >= 4 is 17.0 Å². The zero-order valence-electron chi connectivity index (χ0n) is 17.0. The molecule has 0 fully saturated rings. The fourth-order valence-electron chi connectivity index (χ4n) is 3.98. The fraction of sp³-hybridized carbons (Fsp3) is 0.304. The summed E-state index contributed by atoms with van der Waals surface area (Å²) in [5.74, 6) is 0.871. The molecule has 148 valence electrons. The van der Waals surface area contributed by atoms with Crippen molar-refractivity contribution in [1.29, 1.82) is 0 Å². The van der Waals surface area contributed by atoms with Crippen molar-refractivity contribution in [3.05, 3.63) is 70.1 Å². The Labute approximate surface area is 174 Å². The van der Waals surface area contributed by atoms with Gasteiger partial charge >= 0.3 is 0 Å². The van der Waals surface area contributed by atoms with Gasteiger partial charge in [0.1, 0.15) is 16.4 Å². The number of rotatable bonds is 4. The van der Waals surface area contributed by atoms with E-state index in [9.17, 15) is 0 Å². The molecule has 0 bridgehead atoms. The van der Waals surface area contributed by atoms with Gasteiger partial charge < -0.3 is 9.14 Å². The third-order valence-electron chi connectivity index (χ3n) is 5.58. The summed E-state index contributed by atoms with van der Waals surface area (Å²) < 4.78 is 7.60. The van der Waals surface area contributed by atoms with E-state index >= 15 is 0 Å². The molecule has 0 saturated carbocycles. The Morgan fingerprint density at radius 1 is 1.14 bits per heavy atom. The molecular formula is C23H24N4OS. The van der Waals surface area contributed by atoms with Crippen LogP contribution in [-0.2, 0) is 19.5 Å². The van der Waals surface area contributed by atoms with Gasteiger partial charge in [-0.05, 0) is 43.7 Å². The summed E-state index contributed by atoms with van der Waals surface area (Å²) >= 11 is 1.80. The van der Waals surface area contributed by atoms with Gasteiger partial charge in [0, 0.05) is 42.7 Å². The lowest BCUT2D eigenvalue weighted by Gasteiger charge is -2.25. The maximum absolute atomic E-state index is 5.37.